The number of H-pyrrole nitrogens is 1. The van der Waals surface area contributed by atoms with E-state index in [0.29, 0.717) is 39.3 Å². The van der Waals surface area contributed by atoms with Crippen molar-refractivity contribution in [1.82, 2.24) is 4.98 Å². The highest BCUT2D eigenvalue weighted by atomic mass is 32.2. The fourth-order valence-electron chi connectivity index (χ4n) is 4.18. The summed E-state index contributed by atoms with van der Waals surface area (Å²) in [5.41, 5.74) is 4.12. The van der Waals surface area contributed by atoms with E-state index in [4.69, 9.17) is 0 Å². The highest BCUT2D eigenvalue weighted by Gasteiger charge is 2.30. The summed E-state index contributed by atoms with van der Waals surface area (Å²) in [7, 11) is -3.65. The van der Waals surface area contributed by atoms with Crippen LogP contribution in [0.5, 0.6) is 0 Å². The molecule has 1 aliphatic rings. The van der Waals surface area contributed by atoms with Gasteiger partial charge in [-0.3, -0.25) is 4.79 Å². The molecule has 0 radical (unpaired) electrons. The number of aryl methyl sites for hydroxylation is 1. The van der Waals surface area contributed by atoms with Crippen LogP contribution in [0.3, 0.4) is 0 Å². The Kier molecular flexibility index (Phi) is 5.26. The van der Waals surface area contributed by atoms with Crippen LogP contribution in [-0.2, 0) is 20.4 Å². The molecular weight excluding hydrogens is 428 g/mol. The molecule has 1 amide bonds. The summed E-state index contributed by atoms with van der Waals surface area (Å²) < 4.78 is 26.3. The molecule has 8 heteroatoms. The average molecular weight is 451 g/mol. The number of aromatic carboxylic acids is 1. The number of hydrogen-bond donors (Lipinski definition) is 3. The number of aromatic nitrogens is 1. The summed E-state index contributed by atoms with van der Waals surface area (Å²) in [6.45, 7) is 5.00. The van der Waals surface area contributed by atoms with Crippen molar-refractivity contribution in [3.05, 3.63) is 81.7 Å². The molecule has 0 bridgehead atoms. The van der Waals surface area contributed by atoms with Crippen LogP contribution >= 0.6 is 0 Å². The predicted molar refractivity (Wildman–Crippen MR) is 122 cm³/mol. The van der Waals surface area contributed by atoms with Gasteiger partial charge in [0.2, 0.25) is 0 Å². The smallest absolute Gasteiger partial charge is 0.337 e. The number of amides is 1. The molecule has 3 aromatic rings. The zero-order valence-electron chi connectivity index (χ0n) is 17.8. The lowest BCUT2D eigenvalue weighted by Crippen LogP contribution is -2.08. The number of anilines is 1. The molecule has 1 aliphatic heterocycles. The maximum atomic E-state index is 13.1. The first-order valence-corrected chi connectivity index (χ1v) is 11.6. The number of rotatable bonds is 5. The summed E-state index contributed by atoms with van der Waals surface area (Å²) in [5.74, 6) is -1.57. The van der Waals surface area contributed by atoms with Gasteiger partial charge in [-0.05, 0) is 55.7 Å². The number of nitrogens with one attached hydrogen (secondary N) is 2. The van der Waals surface area contributed by atoms with E-state index in [2.05, 4.69) is 10.3 Å². The highest BCUT2D eigenvalue weighted by Crippen LogP contribution is 2.39. The molecule has 0 spiro atoms. The zero-order valence-corrected chi connectivity index (χ0v) is 18.6. The molecule has 0 saturated heterocycles. The van der Waals surface area contributed by atoms with Gasteiger partial charge in [-0.25, -0.2) is 13.2 Å². The average Bonchev–Trinajstić information content (AvgIpc) is 3.18. The SMILES string of the molecule is Cc1[nH]c(/C=C2\C(=O)Nc3ccc(S(=O)(=O)Cc4ccccc4)c(C)c32)c(C)c1C(=O)O. The normalized spacial score (nSPS) is 14.5. The van der Waals surface area contributed by atoms with E-state index in [9.17, 15) is 23.1 Å². The number of sulfone groups is 1. The van der Waals surface area contributed by atoms with Crippen molar-refractivity contribution in [2.75, 3.05) is 5.32 Å². The molecular formula is C24H22N2O5S. The fraction of sp³-hybridized carbons (Fsp3) is 0.167. The Hall–Kier alpha value is -3.65. The van der Waals surface area contributed by atoms with E-state index >= 15 is 0 Å². The van der Waals surface area contributed by atoms with E-state index in [1.807, 2.05) is 6.07 Å². The lowest BCUT2D eigenvalue weighted by Gasteiger charge is -2.12. The molecule has 0 unspecified atom stereocenters. The summed E-state index contributed by atoms with van der Waals surface area (Å²) in [4.78, 5) is 27.4. The monoisotopic (exact) mass is 450 g/mol. The molecule has 3 N–H and O–H groups in total. The second-order valence-electron chi connectivity index (χ2n) is 7.84. The predicted octanol–water partition coefficient (Wildman–Crippen LogP) is 4.10. The van der Waals surface area contributed by atoms with Crippen molar-refractivity contribution in [1.29, 1.82) is 0 Å². The largest absolute Gasteiger partial charge is 0.478 e. The minimum absolute atomic E-state index is 0.148. The Morgan fingerprint density at radius 2 is 1.72 bits per heavy atom. The van der Waals surface area contributed by atoms with Crippen LogP contribution in [-0.4, -0.2) is 30.4 Å². The van der Waals surface area contributed by atoms with Crippen LogP contribution in [0, 0.1) is 20.8 Å². The molecule has 0 aliphatic carbocycles. The van der Waals surface area contributed by atoms with Crippen LogP contribution < -0.4 is 5.32 Å². The van der Waals surface area contributed by atoms with Crippen molar-refractivity contribution >= 4 is 39.1 Å². The highest BCUT2D eigenvalue weighted by molar-refractivity contribution is 7.90. The molecule has 32 heavy (non-hydrogen) atoms. The molecule has 0 saturated carbocycles. The number of carbonyl (C=O) groups is 2. The van der Waals surface area contributed by atoms with Crippen molar-refractivity contribution in [3.8, 4) is 0 Å². The number of carboxylic acids is 1. The van der Waals surface area contributed by atoms with Gasteiger partial charge < -0.3 is 15.4 Å². The minimum Gasteiger partial charge on any atom is -0.478 e. The summed E-state index contributed by atoms with van der Waals surface area (Å²) in [5, 5.41) is 12.2. The molecule has 1 aromatic heterocycles. The van der Waals surface area contributed by atoms with E-state index in [0.717, 1.165) is 0 Å². The van der Waals surface area contributed by atoms with Gasteiger partial charge in [0.1, 0.15) is 0 Å². The third kappa shape index (κ3) is 3.62. The molecule has 2 aromatic carbocycles. The first-order chi connectivity index (χ1) is 15.1. The van der Waals surface area contributed by atoms with Crippen molar-refractivity contribution in [3.63, 3.8) is 0 Å². The quantitative estimate of drug-likeness (QED) is 0.506. The lowest BCUT2D eigenvalue weighted by atomic mass is 9.99. The zero-order chi connectivity index (χ0) is 23.2. The second-order valence-corrected chi connectivity index (χ2v) is 9.79. The number of fused-ring (bicyclic) bond motifs is 1. The maximum Gasteiger partial charge on any atom is 0.337 e. The van der Waals surface area contributed by atoms with E-state index < -0.39 is 15.8 Å². The lowest BCUT2D eigenvalue weighted by molar-refractivity contribution is -0.110. The molecule has 164 valence electrons. The van der Waals surface area contributed by atoms with Crippen molar-refractivity contribution in [2.45, 2.75) is 31.4 Å². The van der Waals surface area contributed by atoms with Gasteiger partial charge in [0.05, 0.1) is 21.8 Å². The number of carbonyl (C=O) groups excluding carboxylic acids is 1. The molecule has 7 nitrogen and oxygen atoms in total. The first-order valence-electron chi connectivity index (χ1n) is 9.96. The van der Waals surface area contributed by atoms with Gasteiger partial charge in [0, 0.05) is 22.6 Å². The third-order valence-electron chi connectivity index (χ3n) is 5.69. The Morgan fingerprint density at radius 3 is 2.34 bits per heavy atom. The Balaban J connectivity index is 1.82. The number of carboxylic acid groups (broad SMARTS) is 1. The standard InChI is InChI=1S/C24H22N2O5S/c1-13-19(25-15(3)21(13)24(28)29)11-17-22-14(2)20(10-9-18(22)26-23(17)27)32(30,31)12-16-7-5-4-6-8-16/h4-11,25H,12H2,1-3H3,(H,26,27)(H,28,29)/b17-11-. The number of hydrogen-bond acceptors (Lipinski definition) is 4. The topological polar surface area (TPSA) is 116 Å². The number of aromatic amines is 1. The van der Waals surface area contributed by atoms with Gasteiger partial charge in [0.25, 0.3) is 5.91 Å². The van der Waals surface area contributed by atoms with Crippen LogP contribution in [0.4, 0.5) is 5.69 Å². The fourth-order valence-corrected chi connectivity index (χ4v) is 5.81. The second kappa shape index (κ2) is 7.80. The van der Waals surface area contributed by atoms with Crippen LogP contribution in [0.25, 0.3) is 11.6 Å². The summed E-state index contributed by atoms with van der Waals surface area (Å²) >= 11 is 0. The molecule has 4 rings (SSSR count). The van der Waals surface area contributed by atoms with Gasteiger partial charge in [-0.2, -0.15) is 0 Å². The van der Waals surface area contributed by atoms with E-state index in [-0.39, 0.29) is 27.7 Å². The third-order valence-corrected chi connectivity index (χ3v) is 7.52. The van der Waals surface area contributed by atoms with E-state index in [1.54, 1.807) is 57.2 Å². The van der Waals surface area contributed by atoms with Gasteiger partial charge in [-0.1, -0.05) is 30.3 Å². The van der Waals surface area contributed by atoms with Gasteiger partial charge >= 0.3 is 5.97 Å². The Labute approximate surface area is 185 Å². The molecule has 0 atom stereocenters. The van der Waals surface area contributed by atoms with Crippen LogP contribution in [0.1, 0.15) is 44.0 Å². The van der Waals surface area contributed by atoms with Crippen molar-refractivity contribution < 1.29 is 23.1 Å². The Bertz CT molecular complexity index is 1400. The van der Waals surface area contributed by atoms with Crippen LogP contribution in [0.15, 0.2) is 47.4 Å². The van der Waals surface area contributed by atoms with Crippen LogP contribution in [0.2, 0.25) is 0 Å². The summed E-state index contributed by atoms with van der Waals surface area (Å²) in [6, 6.07) is 12.0. The van der Waals surface area contributed by atoms with Gasteiger partial charge in [-0.15, -0.1) is 0 Å². The molecule has 0 fully saturated rings. The first kappa shape index (κ1) is 21.6. The number of benzene rings is 2. The van der Waals surface area contributed by atoms with Gasteiger partial charge in [0.15, 0.2) is 9.84 Å². The van der Waals surface area contributed by atoms with E-state index in [1.165, 1.54) is 6.07 Å². The molecule has 2 heterocycles. The van der Waals surface area contributed by atoms with Crippen molar-refractivity contribution in [2.24, 2.45) is 0 Å². The Morgan fingerprint density at radius 1 is 1.03 bits per heavy atom. The minimum atomic E-state index is -3.65. The maximum absolute atomic E-state index is 13.1. The summed E-state index contributed by atoms with van der Waals surface area (Å²) in [6.07, 6.45) is 1.58.